The van der Waals surface area contributed by atoms with Gasteiger partial charge in [0.1, 0.15) is 0 Å². The minimum atomic E-state index is 0.424. The molecule has 2 rings (SSSR count). The fourth-order valence-corrected chi connectivity index (χ4v) is 1.67. The highest BCUT2D eigenvalue weighted by atomic mass is 15.1. The molecule has 1 aromatic heterocycles. The Morgan fingerprint density at radius 1 is 1.67 bits per heavy atom. The lowest BCUT2D eigenvalue weighted by Crippen LogP contribution is -2.22. The van der Waals surface area contributed by atoms with Gasteiger partial charge in [-0.05, 0) is 39.8 Å². The van der Waals surface area contributed by atoms with Crippen LogP contribution in [0.1, 0.15) is 38.4 Å². The first-order valence-corrected chi connectivity index (χ1v) is 5.59. The van der Waals surface area contributed by atoms with Gasteiger partial charge in [0.25, 0.3) is 0 Å². The molecule has 0 spiro atoms. The second kappa shape index (κ2) is 4.19. The van der Waals surface area contributed by atoms with Gasteiger partial charge < -0.3 is 9.88 Å². The van der Waals surface area contributed by atoms with Crippen LogP contribution < -0.4 is 5.32 Å². The Hall–Kier alpha value is -1.09. The lowest BCUT2D eigenvalue weighted by molar-refractivity contribution is 0.692. The molecule has 0 aliphatic heterocycles. The molecule has 1 heterocycles. The van der Waals surface area contributed by atoms with Gasteiger partial charge >= 0.3 is 0 Å². The van der Waals surface area contributed by atoms with Crippen LogP contribution in [0, 0.1) is 0 Å². The molecule has 1 fully saturated rings. The van der Waals surface area contributed by atoms with Crippen molar-refractivity contribution in [1.82, 2.24) is 14.9 Å². The largest absolute Gasteiger partial charge is 0.328 e. The first-order valence-electron chi connectivity index (χ1n) is 5.59. The fraction of sp³-hybridized carbons (Fsp3) is 0.583. The fourth-order valence-electron chi connectivity index (χ4n) is 1.67. The van der Waals surface area contributed by atoms with E-state index >= 15 is 0 Å². The van der Waals surface area contributed by atoms with Gasteiger partial charge in [0, 0.05) is 12.1 Å². The van der Waals surface area contributed by atoms with Gasteiger partial charge in [-0.3, -0.25) is 0 Å². The van der Waals surface area contributed by atoms with E-state index in [0.29, 0.717) is 12.1 Å². The normalized spacial score (nSPS) is 19.3. The van der Waals surface area contributed by atoms with Gasteiger partial charge in [-0.2, -0.15) is 0 Å². The molecule has 3 nitrogen and oxygen atoms in total. The standard InChI is InChI=1S/C12H19N3/c1-9(10(2)13-3)6-12-7-14-8-15(12)11-4-5-11/h6-8,10-11,13H,4-5H2,1-3H3. The third-order valence-corrected chi connectivity index (χ3v) is 3.13. The number of hydrogen-bond donors (Lipinski definition) is 1. The summed E-state index contributed by atoms with van der Waals surface area (Å²) in [4.78, 5) is 4.22. The van der Waals surface area contributed by atoms with Crippen molar-refractivity contribution >= 4 is 6.08 Å². The van der Waals surface area contributed by atoms with E-state index in [-0.39, 0.29) is 0 Å². The molecule has 1 aliphatic carbocycles. The molecule has 1 atom stereocenters. The Kier molecular flexibility index (Phi) is 2.91. The molecule has 1 aromatic rings. The van der Waals surface area contributed by atoms with E-state index in [1.807, 2.05) is 19.6 Å². The van der Waals surface area contributed by atoms with Crippen LogP contribution in [0.3, 0.4) is 0 Å². The van der Waals surface area contributed by atoms with Crippen molar-refractivity contribution < 1.29 is 0 Å². The summed E-state index contributed by atoms with van der Waals surface area (Å²) in [6, 6.07) is 1.13. The molecule has 1 unspecified atom stereocenters. The minimum absolute atomic E-state index is 0.424. The molecule has 0 aromatic carbocycles. The van der Waals surface area contributed by atoms with E-state index in [0.717, 1.165) is 0 Å². The highest BCUT2D eigenvalue weighted by Crippen LogP contribution is 2.36. The molecule has 15 heavy (non-hydrogen) atoms. The summed E-state index contributed by atoms with van der Waals surface area (Å²) in [7, 11) is 1.99. The first-order chi connectivity index (χ1) is 7.22. The summed E-state index contributed by atoms with van der Waals surface area (Å²) < 4.78 is 2.28. The highest BCUT2D eigenvalue weighted by molar-refractivity contribution is 5.49. The van der Waals surface area contributed by atoms with Crippen LogP contribution in [-0.4, -0.2) is 22.6 Å². The van der Waals surface area contributed by atoms with Crippen molar-refractivity contribution in [2.75, 3.05) is 7.05 Å². The van der Waals surface area contributed by atoms with Gasteiger partial charge in [-0.1, -0.05) is 5.57 Å². The van der Waals surface area contributed by atoms with Crippen LogP contribution in [0.5, 0.6) is 0 Å². The third-order valence-electron chi connectivity index (χ3n) is 3.13. The van der Waals surface area contributed by atoms with Crippen LogP contribution in [0.15, 0.2) is 18.1 Å². The quantitative estimate of drug-likeness (QED) is 0.817. The zero-order valence-corrected chi connectivity index (χ0v) is 9.70. The van der Waals surface area contributed by atoms with Crippen molar-refractivity contribution in [2.24, 2.45) is 0 Å². The SMILES string of the molecule is CNC(C)C(C)=Cc1cncn1C1CC1. The smallest absolute Gasteiger partial charge is 0.0953 e. The number of imidazole rings is 1. The van der Waals surface area contributed by atoms with Crippen molar-refractivity contribution in [1.29, 1.82) is 0 Å². The average Bonchev–Trinajstić information content (AvgIpc) is 2.99. The zero-order chi connectivity index (χ0) is 10.8. The summed E-state index contributed by atoms with van der Waals surface area (Å²) in [5.41, 5.74) is 2.58. The Labute approximate surface area is 91.2 Å². The van der Waals surface area contributed by atoms with Crippen LogP contribution in [0.25, 0.3) is 6.08 Å². The van der Waals surface area contributed by atoms with Gasteiger partial charge in [-0.25, -0.2) is 4.98 Å². The van der Waals surface area contributed by atoms with E-state index in [1.54, 1.807) is 0 Å². The molecule has 1 N–H and O–H groups in total. The predicted octanol–water partition coefficient (Wildman–Crippen LogP) is 2.23. The average molecular weight is 205 g/mol. The zero-order valence-electron chi connectivity index (χ0n) is 9.70. The summed E-state index contributed by atoms with van der Waals surface area (Å²) >= 11 is 0. The maximum Gasteiger partial charge on any atom is 0.0953 e. The molecular formula is C12H19N3. The van der Waals surface area contributed by atoms with Crippen LogP contribution in [0.4, 0.5) is 0 Å². The maximum atomic E-state index is 4.22. The molecular weight excluding hydrogens is 186 g/mol. The number of hydrogen-bond acceptors (Lipinski definition) is 2. The summed E-state index contributed by atoms with van der Waals surface area (Å²) in [6.07, 6.45) is 8.73. The summed E-state index contributed by atoms with van der Waals surface area (Å²) in [5.74, 6) is 0. The van der Waals surface area contributed by atoms with E-state index in [9.17, 15) is 0 Å². The van der Waals surface area contributed by atoms with Crippen molar-refractivity contribution in [3.8, 4) is 0 Å². The molecule has 1 aliphatic rings. The predicted molar refractivity (Wildman–Crippen MR) is 62.7 cm³/mol. The van der Waals surface area contributed by atoms with Gasteiger partial charge in [-0.15, -0.1) is 0 Å². The van der Waals surface area contributed by atoms with Gasteiger partial charge in [0.15, 0.2) is 0 Å². The Balaban J connectivity index is 2.18. The van der Waals surface area contributed by atoms with Crippen LogP contribution >= 0.6 is 0 Å². The number of nitrogens with zero attached hydrogens (tertiary/aromatic N) is 2. The van der Waals surface area contributed by atoms with Crippen molar-refractivity contribution in [3.05, 3.63) is 23.8 Å². The summed E-state index contributed by atoms with van der Waals surface area (Å²) in [5, 5.41) is 3.24. The second-order valence-corrected chi connectivity index (χ2v) is 4.36. The molecule has 0 saturated heterocycles. The topological polar surface area (TPSA) is 29.9 Å². The molecule has 1 saturated carbocycles. The number of likely N-dealkylation sites (N-methyl/N-ethyl adjacent to an activating group) is 1. The highest BCUT2D eigenvalue weighted by Gasteiger charge is 2.24. The second-order valence-electron chi connectivity index (χ2n) is 4.36. The number of nitrogens with one attached hydrogen (secondary N) is 1. The van der Waals surface area contributed by atoms with Crippen LogP contribution in [0.2, 0.25) is 0 Å². The molecule has 0 bridgehead atoms. The summed E-state index contributed by atoms with van der Waals surface area (Å²) in [6.45, 7) is 4.33. The molecule has 3 heteroatoms. The monoisotopic (exact) mass is 205 g/mol. The van der Waals surface area contributed by atoms with Gasteiger partial charge in [0.2, 0.25) is 0 Å². The van der Waals surface area contributed by atoms with Crippen molar-refractivity contribution in [3.63, 3.8) is 0 Å². The minimum Gasteiger partial charge on any atom is -0.328 e. The Morgan fingerprint density at radius 3 is 3.00 bits per heavy atom. The maximum absolute atomic E-state index is 4.22. The van der Waals surface area contributed by atoms with Crippen LogP contribution in [-0.2, 0) is 0 Å². The first kappa shape index (κ1) is 10.4. The Bertz CT molecular complexity index is 361. The lowest BCUT2D eigenvalue weighted by Gasteiger charge is -2.11. The van der Waals surface area contributed by atoms with Gasteiger partial charge in [0.05, 0.1) is 18.2 Å². The Morgan fingerprint density at radius 2 is 2.40 bits per heavy atom. The van der Waals surface area contributed by atoms with E-state index in [2.05, 4.69) is 34.8 Å². The van der Waals surface area contributed by atoms with E-state index in [4.69, 9.17) is 0 Å². The lowest BCUT2D eigenvalue weighted by atomic mass is 10.1. The van der Waals surface area contributed by atoms with E-state index in [1.165, 1.54) is 24.1 Å². The number of rotatable bonds is 4. The number of aromatic nitrogens is 2. The van der Waals surface area contributed by atoms with E-state index < -0.39 is 0 Å². The molecule has 0 amide bonds. The van der Waals surface area contributed by atoms with Crippen molar-refractivity contribution in [2.45, 2.75) is 38.8 Å². The molecule has 82 valence electrons. The molecule has 0 radical (unpaired) electrons. The third kappa shape index (κ3) is 2.29.